The summed E-state index contributed by atoms with van der Waals surface area (Å²) < 4.78 is 26.0. The smallest absolute Gasteiger partial charge is 0.244 e. The van der Waals surface area contributed by atoms with E-state index in [-0.39, 0.29) is 6.61 Å². The Labute approximate surface area is 105 Å². The van der Waals surface area contributed by atoms with E-state index in [0.717, 1.165) is 6.42 Å². The van der Waals surface area contributed by atoms with Crippen molar-refractivity contribution >= 4 is 21.4 Å². The molecule has 0 fully saturated rings. The second-order valence-electron chi connectivity index (χ2n) is 4.07. The molecule has 17 heavy (non-hydrogen) atoms. The SMILES string of the molecule is CC1=CCN(S(=O)(=O)c2csc(CO)c2)CC1. The van der Waals surface area contributed by atoms with Gasteiger partial charge in [-0.15, -0.1) is 11.3 Å². The summed E-state index contributed by atoms with van der Waals surface area (Å²) in [6.07, 6.45) is 2.73. The summed E-state index contributed by atoms with van der Waals surface area (Å²) in [6, 6.07) is 1.55. The summed E-state index contributed by atoms with van der Waals surface area (Å²) in [6.45, 7) is 2.88. The Hall–Kier alpha value is -0.690. The van der Waals surface area contributed by atoms with Crippen molar-refractivity contribution in [2.45, 2.75) is 24.8 Å². The van der Waals surface area contributed by atoms with Gasteiger partial charge in [0.05, 0.1) is 11.5 Å². The third kappa shape index (κ3) is 2.60. The van der Waals surface area contributed by atoms with E-state index in [1.165, 1.54) is 21.2 Å². The van der Waals surface area contributed by atoms with Gasteiger partial charge in [-0.05, 0) is 19.4 Å². The topological polar surface area (TPSA) is 57.6 Å². The van der Waals surface area contributed by atoms with E-state index < -0.39 is 10.0 Å². The van der Waals surface area contributed by atoms with E-state index in [4.69, 9.17) is 5.11 Å². The largest absolute Gasteiger partial charge is 0.391 e. The van der Waals surface area contributed by atoms with Gasteiger partial charge in [0.15, 0.2) is 0 Å². The zero-order valence-corrected chi connectivity index (χ0v) is 11.2. The number of nitrogens with zero attached hydrogens (tertiary/aromatic N) is 1. The van der Waals surface area contributed by atoms with E-state index in [1.54, 1.807) is 11.4 Å². The summed E-state index contributed by atoms with van der Waals surface area (Å²) in [7, 11) is -3.39. The van der Waals surface area contributed by atoms with Gasteiger partial charge in [-0.1, -0.05) is 11.6 Å². The molecule has 0 unspecified atom stereocenters. The maximum absolute atomic E-state index is 12.2. The summed E-state index contributed by atoms with van der Waals surface area (Å²) in [4.78, 5) is 0.965. The average molecular weight is 273 g/mol. The highest BCUT2D eigenvalue weighted by Crippen LogP contribution is 2.24. The lowest BCUT2D eigenvalue weighted by molar-refractivity contribution is 0.285. The molecule has 1 aliphatic rings. The van der Waals surface area contributed by atoms with Crippen molar-refractivity contribution in [1.82, 2.24) is 4.31 Å². The van der Waals surface area contributed by atoms with Gasteiger partial charge in [-0.2, -0.15) is 4.31 Å². The van der Waals surface area contributed by atoms with Crippen LogP contribution < -0.4 is 0 Å². The first-order valence-electron chi connectivity index (χ1n) is 5.38. The molecule has 0 spiro atoms. The minimum atomic E-state index is -3.39. The Kier molecular flexibility index (Phi) is 3.67. The third-order valence-electron chi connectivity index (χ3n) is 2.82. The average Bonchev–Trinajstić information content (AvgIpc) is 2.78. The molecule has 1 aliphatic heterocycles. The maximum atomic E-state index is 12.2. The molecule has 0 saturated carbocycles. The molecule has 0 radical (unpaired) electrons. The molecule has 2 rings (SSSR count). The van der Waals surface area contributed by atoms with Crippen LogP contribution in [0.25, 0.3) is 0 Å². The quantitative estimate of drug-likeness (QED) is 0.851. The highest BCUT2D eigenvalue weighted by Gasteiger charge is 2.26. The predicted molar refractivity (Wildman–Crippen MR) is 67.4 cm³/mol. The highest BCUT2D eigenvalue weighted by atomic mass is 32.2. The number of aliphatic hydroxyl groups is 1. The lowest BCUT2D eigenvalue weighted by Gasteiger charge is -2.24. The van der Waals surface area contributed by atoms with Gasteiger partial charge < -0.3 is 5.11 Å². The maximum Gasteiger partial charge on any atom is 0.244 e. The van der Waals surface area contributed by atoms with Gasteiger partial charge in [-0.25, -0.2) is 8.42 Å². The number of hydrogen-bond donors (Lipinski definition) is 1. The molecule has 6 heteroatoms. The van der Waals surface area contributed by atoms with Crippen molar-refractivity contribution in [3.8, 4) is 0 Å². The molecule has 0 amide bonds. The summed E-state index contributed by atoms with van der Waals surface area (Å²) in [5.74, 6) is 0. The Bertz CT molecular complexity index is 531. The first kappa shape index (κ1) is 12.8. The van der Waals surface area contributed by atoms with Crippen molar-refractivity contribution in [2.24, 2.45) is 0 Å². The molecular formula is C11H15NO3S2. The van der Waals surface area contributed by atoms with E-state index in [0.29, 0.717) is 22.9 Å². The van der Waals surface area contributed by atoms with Crippen LogP contribution in [0.4, 0.5) is 0 Å². The van der Waals surface area contributed by atoms with Crippen LogP contribution >= 0.6 is 11.3 Å². The monoisotopic (exact) mass is 273 g/mol. The normalized spacial score (nSPS) is 18.1. The predicted octanol–water partition coefficient (Wildman–Crippen LogP) is 1.58. The van der Waals surface area contributed by atoms with Gasteiger partial charge in [-0.3, -0.25) is 0 Å². The molecule has 1 N–H and O–H groups in total. The number of thiophene rings is 1. The van der Waals surface area contributed by atoms with Crippen LogP contribution in [0.15, 0.2) is 28.0 Å². The first-order valence-corrected chi connectivity index (χ1v) is 7.70. The number of rotatable bonds is 3. The number of aliphatic hydroxyl groups excluding tert-OH is 1. The van der Waals surface area contributed by atoms with E-state index >= 15 is 0 Å². The standard InChI is InChI=1S/C11H15NO3S2/c1-9-2-4-12(5-3-9)17(14,15)11-6-10(7-13)16-8-11/h2,6,8,13H,3-5,7H2,1H3. The summed E-state index contributed by atoms with van der Waals surface area (Å²) >= 11 is 1.27. The van der Waals surface area contributed by atoms with Crippen LogP contribution in [0.2, 0.25) is 0 Å². The van der Waals surface area contributed by atoms with E-state index in [2.05, 4.69) is 0 Å². The van der Waals surface area contributed by atoms with Crippen molar-refractivity contribution < 1.29 is 13.5 Å². The molecular weight excluding hydrogens is 258 g/mol. The van der Waals surface area contributed by atoms with Crippen molar-refractivity contribution in [3.63, 3.8) is 0 Å². The van der Waals surface area contributed by atoms with Crippen molar-refractivity contribution in [3.05, 3.63) is 28.0 Å². The van der Waals surface area contributed by atoms with Crippen LogP contribution in [0.1, 0.15) is 18.2 Å². The number of sulfonamides is 1. The van der Waals surface area contributed by atoms with Gasteiger partial charge in [0.1, 0.15) is 0 Å². The molecule has 4 nitrogen and oxygen atoms in total. The molecule has 94 valence electrons. The van der Waals surface area contributed by atoms with Gasteiger partial charge in [0.25, 0.3) is 0 Å². The lowest BCUT2D eigenvalue weighted by Crippen LogP contribution is -2.34. The second kappa shape index (κ2) is 4.89. The second-order valence-corrected chi connectivity index (χ2v) is 7.00. The molecule has 0 aromatic carbocycles. The van der Waals surface area contributed by atoms with Crippen LogP contribution in [0.5, 0.6) is 0 Å². The fourth-order valence-electron chi connectivity index (χ4n) is 1.70. The molecule has 1 aromatic rings. The van der Waals surface area contributed by atoms with Gasteiger partial charge in [0, 0.05) is 23.3 Å². The van der Waals surface area contributed by atoms with Crippen LogP contribution in [0, 0.1) is 0 Å². The summed E-state index contributed by atoms with van der Waals surface area (Å²) in [5.41, 5.74) is 1.23. The Morgan fingerprint density at radius 2 is 2.29 bits per heavy atom. The van der Waals surface area contributed by atoms with Crippen LogP contribution in [0.3, 0.4) is 0 Å². The first-order chi connectivity index (χ1) is 8.04. The fourth-order valence-corrected chi connectivity index (χ4v) is 4.20. The molecule has 0 atom stereocenters. The lowest BCUT2D eigenvalue weighted by atomic mass is 10.1. The number of hydrogen-bond acceptors (Lipinski definition) is 4. The zero-order chi connectivity index (χ0) is 12.5. The van der Waals surface area contributed by atoms with Crippen LogP contribution in [-0.4, -0.2) is 30.9 Å². The minimum Gasteiger partial charge on any atom is -0.391 e. The Morgan fingerprint density at radius 3 is 2.82 bits per heavy atom. The zero-order valence-electron chi connectivity index (χ0n) is 9.59. The van der Waals surface area contributed by atoms with E-state index in [9.17, 15) is 8.42 Å². The molecule has 2 heterocycles. The van der Waals surface area contributed by atoms with E-state index in [1.807, 2.05) is 13.0 Å². The molecule has 1 aromatic heterocycles. The van der Waals surface area contributed by atoms with Crippen molar-refractivity contribution in [2.75, 3.05) is 13.1 Å². The Balaban J connectivity index is 2.24. The van der Waals surface area contributed by atoms with Crippen LogP contribution in [-0.2, 0) is 16.6 Å². The molecule has 0 bridgehead atoms. The summed E-state index contributed by atoms with van der Waals surface area (Å²) in [5, 5.41) is 10.5. The van der Waals surface area contributed by atoms with Gasteiger partial charge in [0.2, 0.25) is 10.0 Å². The molecule has 0 aliphatic carbocycles. The minimum absolute atomic E-state index is 0.112. The fraction of sp³-hybridized carbons (Fsp3) is 0.455. The molecule has 0 saturated heterocycles. The van der Waals surface area contributed by atoms with Gasteiger partial charge >= 0.3 is 0 Å². The Morgan fingerprint density at radius 1 is 1.53 bits per heavy atom. The highest BCUT2D eigenvalue weighted by molar-refractivity contribution is 7.89. The third-order valence-corrected chi connectivity index (χ3v) is 5.74. The van der Waals surface area contributed by atoms with Crippen molar-refractivity contribution in [1.29, 1.82) is 0 Å².